The summed E-state index contributed by atoms with van der Waals surface area (Å²) in [6.45, 7) is 1.69. The maximum atomic E-state index is 13.9. The maximum Gasteiger partial charge on any atom is 0.320 e. The molecule has 1 aromatic heterocycles. The predicted octanol–water partition coefficient (Wildman–Crippen LogP) is 2.26. The Kier molecular flexibility index (Phi) is 2.85. The first-order valence-electron chi connectivity index (χ1n) is 6.48. The largest absolute Gasteiger partial charge is 0.468 e. The van der Waals surface area contributed by atoms with E-state index in [-0.39, 0.29) is 11.8 Å². The number of hydrogen-bond donors (Lipinski definition) is 1. The highest BCUT2D eigenvalue weighted by atomic mass is 19.1. The van der Waals surface area contributed by atoms with E-state index in [2.05, 4.69) is 10.2 Å². The molecule has 0 aliphatic heterocycles. The molecule has 0 saturated heterocycles. The first-order chi connectivity index (χ1) is 9.61. The van der Waals surface area contributed by atoms with E-state index in [1.165, 1.54) is 13.2 Å². The van der Waals surface area contributed by atoms with E-state index in [1.807, 2.05) is 0 Å². The van der Waals surface area contributed by atoms with Crippen LogP contribution in [0, 0.1) is 12.7 Å². The summed E-state index contributed by atoms with van der Waals surface area (Å²) < 4.78 is 18.9. The van der Waals surface area contributed by atoms with E-state index in [0.717, 1.165) is 11.3 Å². The second-order valence-corrected chi connectivity index (χ2v) is 5.05. The second-order valence-electron chi connectivity index (χ2n) is 5.05. The number of benzene rings is 1. The van der Waals surface area contributed by atoms with Crippen LogP contribution < -0.4 is 0 Å². The molecule has 1 aliphatic rings. The summed E-state index contributed by atoms with van der Waals surface area (Å²) in [5.41, 5.74) is 1.82. The SMILES string of the molecule is COC(=O)[C@@]1(c2cccc(F)c2C)CCc2n[nH]cc21. The van der Waals surface area contributed by atoms with Crippen molar-refractivity contribution in [2.45, 2.75) is 25.2 Å². The molecule has 1 heterocycles. The van der Waals surface area contributed by atoms with Crippen LogP contribution in [0.4, 0.5) is 4.39 Å². The number of halogens is 1. The number of aryl methyl sites for hydroxylation is 1. The number of carbonyl (C=O) groups excluding carboxylic acids is 1. The minimum absolute atomic E-state index is 0.317. The van der Waals surface area contributed by atoms with Gasteiger partial charge in [0.05, 0.1) is 12.8 Å². The molecule has 20 heavy (non-hydrogen) atoms. The Labute approximate surface area is 116 Å². The minimum Gasteiger partial charge on any atom is -0.468 e. The van der Waals surface area contributed by atoms with Crippen molar-refractivity contribution in [2.75, 3.05) is 7.11 Å². The van der Waals surface area contributed by atoms with Gasteiger partial charge < -0.3 is 4.74 Å². The summed E-state index contributed by atoms with van der Waals surface area (Å²) in [7, 11) is 1.36. The number of aromatic amines is 1. The van der Waals surface area contributed by atoms with Crippen molar-refractivity contribution >= 4 is 5.97 Å². The summed E-state index contributed by atoms with van der Waals surface area (Å²) in [4.78, 5) is 12.5. The number of aromatic nitrogens is 2. The Balaban J connectivity index is 2.29. The average molecular weight is 274 g/mol. The number of esters is 1. The second kappa shape index (κ2) is 4.44. The zero-order chi connectivity index (χ0) is 14.3. The van der Waals surface area contributed by atoms with Crippen LogP contribution in [0.15, 0.2) is 24.4 Å². The van der Waals surface area contributed by atoms with E-state index in [0.29, 0.717) is 24.0 Å². The summed E-state index contributed by atoms with van der Waals surface area (Å²) in [5, 5.41) is 6.95. The van der Waals surface area contributed by atoms with Crippen LogP contribution in [-0.2, 0) is 21.4 Å². The normalized spacial score (nSPS) is 20.8. The lowest BCUT2D eigenvalue weighted by Crippen LogP contribution is -2.36. The van der Waals surface area contributed by atoms with Crippen molar-refractivity contribution in [2.24, 2.45) is 0 Å². The Bertz CT molecular complexity index is 680. The quantitative estimate of drug-likeness (QED) is 0.855. The average Bonchev–Trinajstić information content (AvgIpc) is 3.03. The molecule has 3 rings (SSSR count). The minimum atomic E-state index is -0.955. The third kappa shape index (κ3) is 1.52. The van der Waals surface area contributed by atoms with Crippen LogP contribution in [-0.4, -0.2) is 23.3 Å². The van der Waals surface area contributed by atoms with E-state index < -0.39 is 5.41 Å². The molecular weight excluding hydrogens is 259 g/mol. The standard InChI is InChI=1S/C15H15FN2O2/c1-9-10(4-3-5-12(9)16)15(14(19)20-2)7-6-13-11(15)8-17-18-13/h3-5,8H,6-7H2,1-2H3,(H,17,18)/t15-/m1/s1. The molecule has 4 nitrogen and oxygen atoms in total. The fourth-order valence-corrected chi connectivity index (χ4v) is 3.16. The summed E-state index contributed by atoms with van der Waals surface area (Å²) >= 11 is 0. The van der Waals surface area contributed by atoms with Crippen LogP contribution in [0.3, 0.4) is 0 Å². The maximum absolute atomic E-state index is 13.9. The van der Waals surface area contributed by atoms with Gasteiger partial charge in [0, 0.05) is 11.8 Å². The number of ether oxygens (including phenoxy) is 1. The third-order valence-electron chi connectivity index (χ3n) is 4.18. The van der Waals surface area contributed by atoms with E-state index in [9.17, 15) is 9.18 Å². The molecule has 1 N–H and O–H groups in total. The molecule has 1 atom stereocenters. The monoisotopic (exact) mass is 274 g/mol. The van der Waals surface area contributed by atoms with Crippen molar-refractivity contribution in [1.82, 2.24) is 10.2 Å². The fraction of sp³-hybridized carbons (Fsp3) is 0.333. The predicted molar refractivity (Wildman–Crippen MR) is 70.8 cm³/mol. The van der Waals surface area contributed by atoms with Crippen molar-refractivity contribution < 1.29 is 13.9 Å². The van der Waals surface area contributed by atoms with Crippen LogP contribution in [0.25, 0.3) is 0 Å². The summed E-state index contributed by atoms with van der Waals surface area (Å²) in [5.74, 6) is -0.686. The Morgan fingerprint density at radius 2 is 2.25 bits per heavy atom. The molecule has 0 spiro atoms. The van der Waals surface area contributed by atoms with Gasteiger partial charge in [-0.05, 0) is 37.0 Å². The number of nitrogens with one attached hydrogen (secondary N) is 1. The third-order valence-corrected chi connectivity index (χ3v) is 4.18. The van der Waals surface area contributed by atoms with Crippen molar-refractivity contribution in [3.8, 4) is 0 Å². The first kappa shape index (κ1) is 12.8. The molecule has 0 bridgehead atoms. The van der Waals surface area contributed by atoms with Crippen LogP contribution in [0.1, 0.15) is 28.8 Å². The molecule has 0 saturated carbocycles. The zero-order valence-electron chi connectivity index (χ0n) is 11.4. The molecule has 0 fully saturated rings. The lowest BCUT2D eigenvalue weighted by Gasteiger charge is -2.28. The molecule has 2 aromatic rings. The molecule has 5 heteroatoms. The van der Waals surface area contributed by atoms with Gasteiger partial charge in [0.1, 0.15) is 11.2 Å². The van der Waals surface area contributed by atoms with E-state index in [1.54, 1.807) is 25.3 Å². The molecule has 1 aliphatic carbocycles. The number of hydrogen-bond acceptors (Lipinski definition) is 3. The van der Waals surface area contributed by atoms with Crippen molar-refractivity contribution in [1.29, 1.82) is 0 Å². The number of H-pyrrole nitrogens is 1. The lowest BCUT2D eigenvalue weighted by molar-refractivity contribution is -0.145. The van der Waals surface area contributed by atoms with Gasteiger partial charge in [-0.1, -0.05) is 12.1 Å². The molecule has 1 aromatic carbocycles. The molecule has 0 radical (unpaired) electrons. The van der Waals surface area contributed by atoms with Gasteiger partial charge in [0.15, 0.2) is 0 Å². The number of rotatable bonds is 2. The summed E-state index contributed by atoms with van der Waals surface area (Å²) in [6, 6.07) is 4.81. The van der Waals surface area contributed by atoms with Gasteiger partial charge in [-0.15, -0.1) is 0 Å². The number of methoxy groups -OCH3 is 1. The van der Waals surface area contributed by atoms with E-state index >= 15 is 0 Å². The highest BCUT2D eigenvalue weighted by Gasteiger charge is 2.50. The van der Waals surface area contributed by atoms with E-state index in [4.69, 9.17) is 4.74 Å². The lowest BCUT2D eigenvalue weighted by atomic mass is 9.74. The Hall–Kier alpha value is -2.17. The van der Waals surface area contributed by atoms with Gasteiger partial charge >= 0.3 is 5.97 Å². The van der Waals surface area contributed by atoms with Gasteiger partial charge in [-0.25, -0.2) is 4.39 Å². The topological polar surface area (TPSA) is 55.0 Å². The fourth-order valence-electron chi connectivity index (χ4n) is 3.16. The van der Waals surface area contributed by atoms with Gasteiger partial charge in [0.2, 0.25) is 0 Å². The highest BCUT2D eigenvalue weighted by molar-refractivity contribution is 5.89. The smallest absolute Gasteiger partial charge is 0.320 e. The Morgan fingerprint density at radius 1 is 1.45 bits per heavy atom. The van der Waals surface area contributed by atoms with Gasteiger partial charge in [0.25, 0.3) is 0 Å². The molecule has 0 amide bonds. The van der Waals surface area contributed by atoms with Crippen LogP contribution >= 0.6 is 0 Å². The van der Waals surface area contributed by atoms with Crippen LogP contribution in [0.2, 0.25) is 0 Å². The molecule has 0 unspecified atom stereocenters. The first-order valence-corrected chi connectivity index (χ1v) is 6.48. The zero-order valence-corrected chi connectivity index (χ0v) is 11.4. The van der Waals surface area contributed by atoms with Crippen molar-refractivity contribution in [3.63, 3.8) is 0 Å². The van der Waals surface area contributed by atoms with Gasteiger partial charge in [-0.2, -0.15) is 5.10 Å². The molecular formula is C15H15FN2O2. The number of nitrogens with zero attached hydrogens (tertiary/aromatic N) is 1. The van der Waals surface area contributed by atoms with Gasteiger partial charge in [-0.3, -0.25) is 9.89 Å². The number of carbonyl (C=O) groups is 1. The Morgan fingerprint density at radius 3 is 3.00 bits per heavy atom. The summed E-state index contributed by atoms with van der Waals surface area (Å²) in [6.07, 6.45) is 2.93. The van der Waals surface area contributed by atoms with Crippen molar-refractivity contribution in [3.05, 3.63) is 52.6 Å². The number of fused-ring (bicyclic) bond motifs is 1. The highest BCUT2D eigenvalue weighted by Crippen LogP contribution is 2.45. The van der Waals surface area contributed by atoms with Crippen LogP contribution in [0.5, 0.6) is 0 Å². The molecule has 104 valence electrons.